The zero-order chi connectivity index (χ0) is 14.5. The first-order valence-electron chi connectivity index (χ1n) is 6.27. The van der Waals surface area contributed by atoms with Crippen LogP contribution in [0.5, 0.6) is 5.75 Å². The van der Waals surface area contributed by atoms with Crippen molar-refractivity contribution in [1.29, 1.82) is 5.26 Å². The fourth-order valence-corrected chi connectivity index (χ4v) is 1.92. The summed E-state index contributed by atoms with van der Waals surface area (Å²) in [6, 6.07) is 13.3. The third-order valence-corrected chi connectivity index (χ3v) is 2.99. The second kappa shape index (κ2) is 6.18. The Balaban J connectivity index is 2.23. The van der Waals surface area contributed by atoms with Gasteiger partial charge < -0.3 is 10.5 Å². The fourth-order valence-electron chi connectivity index (χ4n) is 1.92. The van der Waals surface area contributed by atoms with E-state index in [4.69, 9.17) is 15.7 Å². The molecule has 0 saturated carbocycles. The molecule has 2 aromatic rings. The van der Waals surface area contributed by atoms with Gasteiger partial charge in [-0.1, -0.05) is 24.3 Å². The summed E-state index contributed by atoms with van der Waals surface area (Å²) in [5.41, 5.74) is 7.88. The Hall–Kier alpha value is -2.38. The van der Waals surface area contributed by atoms with Gasteiger partial charge in [-0.05, 0) is 19.1 Å². The number of rotatable bonds is 4. The standard InChI is InChI=1S/C16H15FN2O/c1-11(19)15-7-6-14(17)8-16(15)20-10-13-5-3-2-4-12(13)9-18/h2-8,11H,10,19H2,1H3. The van der Waals surface area contributed by atoms with Crippen LogP contribution in [0.4, 0.5) is 4.39 Å². The molecule has 102 valence electrons. The molecule has 0 aliphatic carbocycles. The normalized spacial score (nSPS) is 11.7. The van der Waals surface area contributed by atoms with E-state index in [2.05, 4.69) is 6.07 Å². The number of nitriles is 1. The van der Waals surface area contributed by atoms with E-state index in [9.17, 15) is 4.39 Å². The molecule has 0 bridgehead atoms. The van der Waals surface area contributed by atoms with Crippen molar-refractivity contribution in [2.45, 2.75) is 19.6 Å². The molecular weight excluding hydrogens is 255 g/mol. The van der Waals surface area contributed by atoms with Gasteiger partial charge in [0.2, 0.25) is 0 Å². The van der Waals surface area contributed by atoms with Crippen LogP contribution in [0.2, 0.25) is 0 Å². The number of hydrogen-bond donors (Lipinski definition) is 1. The number of hydrogen-bond acceptors (Lipinski definition) is 3. The average molecular weight is 270 g/mol. The number of ether oxygens (including phenoxy) is 1. The molecule has 0 amide bonds. The fraction of sp³-hybridized carbons (Fsp3) is 0.188. The summed E-state index contributed by atoms with van der Waals surface area (Å²) in [6.07, 6.45) is 0. The van der Waals surface area contributed by atoms with E-state index in [0.717, 1.165) is 11.1 Å². The summed E-state index contributed by atoms with van der Waals surface area (Å²) in [4.78, 5) is 0. The predicted octanol–water partition coefficient (Wildman–Crippen LogP) is 3.30. The molecule has 4 heteroatoms. The molecule has 0 aromatic heterocycles. The van der Waals surface area contributed by atoms with Crippen LogP contribution >= 0.6 is 0 Å². The molecule has 0 fully saturated rings. The smallest absolute Gasteiger partial charge is 0.127 e. The first-order chi connectivity index (χ1) is 9.61. The van der Waals surface area contributed by atoms with Gasteiger partial charge in [-0.2, -0.15) is 5.26 Å². The summed E-state index contributed by atoms with van der Waals surface area (Å²) in [7, 11) is 0. The van der Waals surface area contributed by atoms with Crippen LogP contribution in [-0.4, -0.2) is 0 Å². The van der Waals surface area contributed by atoms with Crippen molar-refractivity contribution < 1.29 is 9.13 Å². The zero-order valence-corrected chi connectivity index (χ0v) is 11.1. The Bertz CT molecular complexity index is 647. The number of nitrogens with zero attached hydrogens (tertiary/aromatic N) is 1. The molecule has 1 atom stereocenters. The van der Waals surface area contributed by atoms with Crippen molar-refractivity contribution in [2.24, 2.45) is 5.73 Å². The first-order valence-corrected chi connectivity index (χ1v) is 6.27. The van der Waals surface area contributed by atoms with Crippen LogP contribution in [0.15, 0.2) is 42.5 Å². The maximum atomic E-state index is 13.3. The highest BCUT2D eigenvalue weighted by molar-refractivity contribution is 5.39. The van der Waals surface area contributed by atoms with Crippen LogP contribution in [0, 0.1) is 17.1 Å². The van der Waals surface area contributed by atoms with E-state index in [1.54, 1.807) is 18.2 Å². The molecule has 0 saturated heterocycles. The molecule has 3 nitrogen and oxygen atoms in total. The Morgan fingerprint density at radius 2 is 2.05 bits per heavy atom. The topological polar surface area (TPSA) is 59.0 Å². The van der Waals surface area contributed by atoms with Crippen molar-refractivity contribution in [3.63, 3.8) is 0 Å². The van der Waals surface area contributed by atoms with E-state index in [0.29, 0.717) is 11.3 Å². The van der Waals surface area contributed by atoms with E-state index >= 15 is 0 Å². The van der Waals surface area contributed by atoms with Gasteiger partial charge in [0, 0.05) is 23.2 Å². The van der Waals surface area contributed by atoms with Gasteiger partial charge in [-0.25, -0.2) is 4.39 Å². The molecule has 2 aromatic carbocycles. The number of nitrogens with two attached hydrogens (primary N) is 1. The molecule has 0 heterocycles. The molecule has 0 aliphatic rings. The zero-order valence-electron chi connectivity index (χ0n) is 11.1. The summed E-state index contributed by atoms with van der Waals surface area (Å²) < 4.78 is 18.9. The Morgan fingerprint density at radius 3 is 2.75 bits per heavy atom. The van der Waals surface area contributed by atoms with E-state index in [1.807, 2.05) is 19.1 Å². The van der Waals surface area contributed by atoms with E-state index in [1.165, 1.54) is 12.1 Å². The third-order valence-electron chi connectivity index (χ3n) is 2.99. The maximum absolute atomic E-state index is 13.3. The molecule has 0 aliphatic heterocycles. The SMILES string of the molecule is CC(N)c1ccc(F)cc1OCc1ccccc1C#N. The molecule has 2 N–H and O–H groups in total. The van der Waals surface area contributed by atoms with Crippen LogP contribution in [0.3, 0.4) is 0 Å². The molecule has 20 heavy (non-hydrogen) atoms. The largest absolute Gasteiger partial charge is 0.488 e. The van der Waals surface area contributed by atoms with Crippen molar-refractivity contribution in [2.75, 3.05) is 0 Å². The highest BCUT2D eigenvalue weighted by Crippen LogP contribution is 2.26. The quantitative estimate of drug-likeness (QED) is 0.927. The lowest BCUT2D eigenvalue weighted by Crippen LogP contribution is -2.08. The van der Waals surface area contributed by atoms with Gasteiger partial charge in [0.05, 0.1) is 11.6 Å². The minimum absolute atomic E-state index is 0.201. The molecule has 0 spiro atoms. The highest BCUT2D eigenvalue weighted by atomic mass is 19.1. The monoisotopic (exact) mass is 270 g/mol. The van der Waals surface area contributed by atoms with Crippen molar-refractivity contribution in [1.82, 2.24) is 0 Å². The van der Waals surface area contributed by atoms with Gasteiger partial charge in [-0.3, -0.25) is 0 Å². The van der Waals surface area contributed by atoms with Crippen LogP contribution < -0.4 is 10.5 Å². The van der Waals surface area contributed by atoms with Gasteiger partial charge in [0.15, 0.2) is 0 Å². The summed E-state index contributed by atoms with van der Waals surface area (Å²) in [6.45, 7) is 2.01. The second-order valence-corrected chi connectivity index (χ2v) is 4.53. The first kappa shape index (κ1) is 14.0. The Kier molecular flexibility index (Phi) is 4.34. The van der Waals surface area contributed by atoms with E-state index < -0.39 is 0 Å². The summed E-state index contributed by atoms with van der Waals surface area (Å²) in [5, 5.41) is 9.02. The summed E-state index contributed by atoms with van der Waals surface area (Å²) >= 11 is 0. The van der Waals surface area contributed by atoms with E-state index in [-0.39, 0.29) is 18.5 Å². The van der Waals surface area contributed by atoms with Gasteiger partial charge >= 0.3 is 0 Å². The molecule has 0 radical (unpaired) electrons. The molecule has 1 unspecified atom stereocenters. The van der Waals surface area contributed by atoms with Gasteiger partial charge in [0.25, 0.3) is 0 Å². The minimum atomic E-state index is -0.377. The van der Waals surface area contributed by atoms with Crippen molar-refractivity contribution >= 4 is 0 Å². The van der Waals surface area contributed by atoms with Crippen LogP contribution in [0.1, 0.15) is 29.7 Å². The van der Waals surface area contributed by atoms with Crippen LogP contribution in [0.25, 0.3) is 0 Å². The summed E-state index contributed by atoms with van der Waals surface area (Å²) in [5.74, 6) is 0.0331. The number of halogens is 1. The number of benzene rings is 2. The van der Waals surface area contributed by atoms with Gasteiger partial charge in [-0.15, -0.1) is 0 Å². The Labute approximate surface area is 117 Å². The lowest BCUT2D eigenvalue weighted by Gasteiger charge is -2.14. The second-order valence-electron chi connectivity index (χ2n) is 4.53. The minimum Gasteiger partial charge on any atom is -0.488 e. The predicted molar refractivity (Wildman–Crippen MR) is 74.5 cm³/mol. The van der Waals surface area contributed by atoms with Crippen LogP contribution in [-0.2, 0) is 6.61 Å². The van der Waals surface area contributed by atoms with Gasteiger partial charge in [0.1, 0.15) is 18.2 Å². The molecule has 2 rings (SSSR count). The Morgan fingerprint density at radius 1 is 1.30 bits per heavy atom. The third kappa shape index (κ3) is 3.14. The highest BCUT2D eigenvalue weighted by Gasteiger charge is 2.10. The average Bonchev–Trinajstić information content (AvgIpc) is 2.45. The van der Waals surface area contributed by atoms with Crippen molar-refractivity contribution in [3.05, 3.63) is 65.0 Å². The van der Waals surface area contributed by atoms with Crippen molar-refractivity contribution in [3.8, 4) is 11.8 Å². The maximum Gasteiger partial charge on any atom is 0.127 e. The lowest BCUT2D eigenvalue weighted by atomic mass is 10.1. The lowest BCUT2D eigenvalue weighted by molar-refractivity contribution is 0.299. The molecular formula is C16H15FN2O.